The molecule has 17 heavy (non-hydrogen) atoms. The first-order valence-corrected chi connectivity index (χ1v) is 6.40. The summed E-state index contributed by atoms with van der Waals surface area (Å²) >= 11 is 3.37. The second-order valence-corrected chi connectivity index (χ2v) is 6.25. The molecule has 1 aromatic rings. The normalized spacial score (nSPS) is 13.5. The molecule has 0 fully saturated rings. The monoisotopic (exact) mass is 301 g/mol. The van der Waals surface area contributed by atoms with E-state index in [1.807, 2.05) is 0 Å². The van der Waals surface area contributed by atoms with Crippen LogP contribution in [-0.4, -0.2) is 22.7 Å². The number of nitrogens with one attached hydrogen (secondary N) is 1. The van der Waals surface area contributed by atoms with Gasteiger partial charge in [-0.25, -0.2) is 4.98 Å². The van der Waals surface area contributed by atoms with Crippen molar-refractivity contribution < 1.29 is 5.11 Å². The summed E-state index contributed by atoms with van der Waals surface area (Å²) < 4.78 is 0.806. The van der Waals surface area contributed by atoms with Crippen LogP contribution in [0.15, 0.2) is 16.7 Å². The fraction of sp³-hybridized carbons (Fsp3) is 0.583. The van der Waals surface area contributed by atoms with E-state index in [1.54, 1.807) is 12.3 Å². The number of aliphatic hydroxyl groups excluding tert-OH is 1. The van der Waals surface area contributed by atoms with E-state index in [4.69, 9.17) is 5.73 Å². The molecule has 1 atom stereocenters. The molecule has 0 bridgehead atoms. The van der Waals surface area contributed by atoms with Gasteiger partial charge in [0, 0.05) is 6.54 Å². The summed E-state index contributed by atoms with van der Waals surface area (Å²) in [5, 5.41) is 13.0. The van der Waals surface area contributed by atoms with Crippen molar-refractivity contribution in [2.45, 2.75) is 33.3 Å². The van der Waals surface area contributed by atoms with Gasteiger partial charge in [0.05, 0.1) is 22.5 Å². The summed E-state index contributed by atoms with van der Waals surface area (Å²) in [5.41, 5.74) is 6.32. The number of nitrogens with two attached hydrogens (primary N) is 1. The lowest BCUT2D eigenvalue weighted by atomic mass is 9.89. The number of hydrogen-bond acceptors (Lipinski definition) is 4. The molecule has 1 rings (SSSR count). The summed E-state index contributed by atoms with van der Waals surface area (Å²) in [5.74, 6) is 0.701. The summed E-state index contributed by atoms with van der Waals surface area (Å²) in [6, 6.07) is 1.78. The van der Waals surface area contributed by atoms with Gasteiger partial charge < -0.3 is 16.2 Å². The second kappa shape index (κ2) is 5.69. The first-order valence-electron chi connectivity index (χ1n) is 5.61. The quantitative estimate of drug-likeness (QED) is 0.799. The number of anilines is 2. The zero-order valence-electron chi connectivity index (χ0n) is 10.5. The molecule has 0 radical (unpaired) electrons. The maximum atomic E-state index is 9.86. The molecular weight excluding hydrogens is 282 g/mol. The van der Waals surface area contributed by atoms with E-state index in [2.05, 4.69) is 47.0 Å². The Morgan fingerprint density at radius 2 is 2.18 bits per heavy atom. The third kappa shape index (κ3) is 5.37. The SMILES string of the molecule is CC(C)(C)CC(O)CNc1ncc(N)cc1Br. The molecular formula is C12H20BrN3O. The number of nitrogen functional groups attached to an aromatic ring is 1. The number of pyridine rings is 1. The lowest BCUT2D eigenvalue weighted by Gasteiger charge is -2.22. The Kier molecular flexibility index (Phi) is 4.77. The Hall–Kier alpha value is -0.810. The zero-order chi connectivity index (χ0) is 13.1. The summed E-state index contributed by atoms with van der Waals surface area (Å²) in [4.78, 5) is 4.15. The van der Waals surface area contributed by atoms with E-state index in [0.717, 1.165) is 10.9 Å². The number of rotatable bonds is 4. The van der Waals surface area contributed by atoms with Gasteiger partial charge in [-0.15, -0.1) is 0 Å². The number of aliphatic hydroxyl groups is 1. The average Bonchev–Trinajstić information content (AvgIpc) is 2.13. The minimum atomic E-state index is -0.388. The maximum Gasteiger partial charge on any atom is 0.140 e. The van der Waals surface area contributed by atoms with E-state index in [9.17, 15) is 5.11 Å². The minimum Gasteiger partial charge on any atom is -0.397 e. The maximum absolute atomic E-state index is 9.86. The van der Waals surface area contributed by atoms with Crippen LogP contribution in [0.1, 0.15) is 27.2 Å². The first-order chi connectivity index (χ1) is 7.78. The zero-order valence-corrected chi connectivity index (χ0v) is 12.1. The van der Waals surface area contributed by atoms with Crippen LogP contribution < -0.4 is 11.1 Å². The lowest BCUT2D eigenvalue weighted by Crippen LogP contribution is -2.25. The van der Waals surface area contributed by atoms with Gasteiger partial charge in [-0.05, 0) is 33.8 Å². The van der Waals surface area contributed by atoms with Crippen LogP contribution in [0.5, 0.6) is 0 Å². The minimum absolute atomic E-state index is 0.118. The van der Waals surface area contributed by atoms with Crippen LogP contribution in [0.25, 0.3) is 0 Å². The van der Waals surface area contributed by atoms with Crippen molar-refractivity contribution in [2.75, 3.05) is 17.6 Å². The van der Waals surface area contributed by atoms with Crippen LogP contribution in [0.4, 0.5) is 11.5 Å². The fourth-order valence-corrected chi connectivity index (χ4v) is 2.08. The average molecular weight is 302 g/mol. The largest absolute Gasteiger partial charge is 0.397 e. The fourth-order valence-electron chi connectivity index (χ4n) is 1.58. The number of hydrogen-bond donors (Lipinski definition) is 3. The number of aromatic nitrogens is 1. The van der Waals surface area contributed by atoms with Gasteiger partial charge in [-0.2, -0.15) is 0 Å². The predicted molar refractivity (Wildman–Crippen MR) is 74.9 cm³/mol. The van der Waals surface area contributed by atoms with E-state index < -0.39 is 0 Å². The Balaban J connectivity index is 2.50. The van der Waals surface area contributed by atoms with Gasteiger partial charge in [0.2, 0.25) is 0 Å². The standard InChI is InChI=1S/C12H20BrN3O/c1-12(2,3)5-9(17)7-16-11-10(13)4-8(14)6-15-11/h4,6,9,17H,5,7,14H2,1-3H3,(H,15,16). The highest BCUT2D eigenvalue weighted by molar-refractivity contribution is 9.10. The smallest absolute Gasteiger partial charge is 0.140 e. The molecule has 1 aromatic heterocycles. The second-order valence-electron chi connectivity index (χ2n) is 5.40. The summed E-state index contributed by atoms with van der Waals surface area (Å²) in [7, 11) is 0. The first kappa shape index (κ1) is 14.3. The van der Waals surface area contributed by atoms with Gasteiger partial charge in [0.15, 0.2) is 0 Å². The van der Waals surface area contributed by atoms with Gasteiger partial charge >= 0.3 is 0 Å². The third-order valence-corrected chi connectivity index (χ3v) is 2.82. The van der Waals surface area contributed by atoms with E-state index in [-0.39, 0.29) is 11.5 Å². The third-order valence-electron chi connectivity index (χ3n) is 2.22. The topological polar surface area (TPSA) is 71.2 Å². The summed E-state index contributed by atoms with van der Waals surface area (Å²) in [6.45, 7) is 6.79. The van der Waals surface area contributed by atoms with Crippen molar-refractivity contribution in [3.63, 3.8) is 0 Å². The molecule has 0 aliphatic carbocycles. The van der Waals surface area contributed by atoms with Crippen molar-refractivity contribution in [3.8, 4) is 0 Å². The van der Waals surface area contributed by atoms with Gasteiger partial charge in [-0.3, -0.25) is 0 Å². The van der Waals surface area contributed by atoms with Crippen molar-refractivity contribution in [1.29, 1.82) is 0 Å². The molecule has 5 heteroatoms. The molecule has 0 aromatic carbocycles. The highest BCUT2D eigenvalue weighted by atomic mass is 79.9. The van der Waals surface area contributed by atoms with Crippen molar-refractivity contribution in [2.24, 2.45) is 5.41 Å². The van der Waals surface area contributed by atoms with Gasteiger partial charge in [-0.1, -0.05) is 20.8 Å². The highest BCUT2D eigenvalue weighted by Crippen LogP contribution is 2.23. The number of nitrogens with zero attached hydrogens (tertiary/aromatic N) is 1. The van der Waals surface area contributed by atoms with Gasteiger partial charge in [0.25, 0.3) is 0 Å². The molecule has 1 unspecified atom stereocenters. The molecule has 0 aliphatic rings. The van der Waals surface area contributed by atoms with Crippen LogP contribution in [0.3, 0.4) is 0 Å². The lowest BCUT2D eigenvalue weighted by molar-refractivity contribution is 0.132. The number of halogens is 1. The predicted octanol–water partition coefficient (Wildman–Crippen LogP) is 2.64. The molecule has 4 N–H and O–H groups in total. The molecule has 1 heterocycles. The van der Waals surface area contributed by atoms with E-state index in [1.165, 1.54) is 0 Å². The Morgan fingerprint density at radius 1 is 1.53 bits per heavy atom. The van der Waals surface area contributed by atoms with Crippen molar-refractivity contribution in [1.82, 2.24) is 4.98 Å². The molecule has 4 nitrogen and oxygen atoms in total. The van der Waals surface area contributed by atoms with Crippen LogP contribution in [0.2, 0.25) is 0 Å². The van der Waals surface area contributed by atoms with Crippen LogP contribution >= 0.6 is 15.9 Å². The van der Waals surface area contributed by atoms with E-state index >= 15 is 0 Å². The van der Waals surface area contributed by atoms with Crippen LogP contribution in [0, 0.1) is 5.41 Å². The van der Waals surface area contributed by atoms with Crippen molar-refractivity contribution >= 4 is 27.4 Å². The molecule has 0 spiro atoms. The Morgan fingerprint density at radius 3 is 2.71 bits per heavy atom. The van der Waals surface area contributed by atoms with Crippen LogP contribution in [-0.2, 0) is 0 Å². The highest BCUT2D eigenvalue weighted by Gasteiger charge is 2.16. The van der Waals surface area contributed by atoms with Gasteiger partial charge in [0.1, 0.15) is 5.82 Å². The molecule has 0 saturated heterocycles. The Bertz CT molecular complexity index is 377. The Labute approximate surface area is 111 Å². The molecule has 0 saturated carbocycles. The molecule has 0 aliphatic heterocycles. The van der Waals surface area contributed by atoms with E-state index in [0.29, 0.717) is 18.1 Å². The van der Waals surface area contributed by atoms with Crippen molar-refractivity contribution in [3.05, 3.63) is 16.7 Å². The molecule has 0 amide bonds. The molecule has 96 valence electrons. The summed E-state index contributed by atoms with van der Waals surface area (Å²) in [6.07, 6.45) is 1.94.